The van der Waals surface area contributed by atoms with Crippen LogP contribution >= 0.6 is 0 Å². The van der Waals surface area contributed by atoms with Gasteiger partial charge in [0.15, 0.2) is 5.43 Å². The quantitative estimate of drug-likeness (QED) is 0.810. The average Bonchev–Trinajstić information content (AvgIpc) is 2.37. The van der Waals surface area contributed by atoms with Crippen molar-refractivity contribution in [3.8, 4) is 5.95 Å². The Balaban J connectivity index is 2.27. The standard InChI is InChI=1S/C14H12O3/c1-16-14-10-12(15)9-13(17-14)8-7-11-5-3-2-4-6-11/h2-10H,1H3. The van der Waals surface area contributed by atoms with E-state index in [1.807, 2.05) is 36.4 Å². The zero-order chi connectivity index (χ0) is 12.1. The summed E-state index contributed by atoms with van der Waals surface area (Å²) in [7, 11) is 1.46. The fourth-order valence-electron chi connectivity index (χ4n) is 1.40. The minimum Gasteiger partial charge on any atom is -0.468 e. The second-order valence-corrected chi connectivity index (χ2v) is 3.46. The van der Waals surface area contributed by atoms with E-state index in [9.17, 15) is 4.79 Å². The maximum absolute atomic E-state index is 11.3. The fraction of sp³-hybridized carbons (Fsp3) is 0.0714. The van der Waals surface area contributed by atoms with Gasteiger partial charge < -0.3 is 9.15 Å². The largest absolute Gasteiger partial charge is 0.468 e. The van der Waals surface area contributed by atoms with Gasteiger partial charge in [-0.15, -0.1) is 0 Å². The van der Waals surface area contributed by atoms with Crippen LogP contribution in [0.4, 0.5) is 0 Å². The lowest BCUT2D eigenvalue weighted by Gasteiger charge is -1.98. The van der Waals surface area contributed by atoms with Crippen molar-refractivity contribution in [2.24, 2.45) is 0 Å². The van der Waals surface area contributed by atoms with Crippen LogP contribution in [0, 0.1) is 0 Å². The van der Waals surface area contributed by atoms with Gasteiger partial charge in [-0.05, 0) is 11.6 Å². The Morgan fingerprint density at radius 2 is 1.88 bits per heavy atom. The molecule has 0 unspecified atom stereocenters. The van der Waals surface area contributed by atoms with Gasteiger partial charge in [0.2, 0.25) is 0 Å². The van der Waals surface area contributed by atoms with Crippen molar-refractivity contribution in [2.45, 2.75) is 0 Å². The highest BCUT2D eigenvalue weighted by Crippen LogP contribution is 2.12. The van der Waals surface area contributed by atoms with Gasteiger partial charge in [-0.25, -0.2) is 0 Å². The molecule has 1 aromatic carbocycles. The van der Waals surface area contributed by atoms with Gasteiger partial charge in [-0.1, -0.05) is 36.4 Å². The molecule has 0 bridgehead atoms. The van der Waals surface area contributed by atoms with Crippen molar-refractivity contribution >= 4 is 12.2 Å². The van der Waals surface area contributed by atoms with Crippen LogP contribution < -0.4 is 10.2 Å². The minimum absolute atomic E-state index is 0.138. The van der Waals surface area contributed by atoms with E-state index in [2.05, 4.69) is 0 Å². The van der Waals surface area contributed by atoms with Crippen molar-refractivity contribution in [1.29, 1.82) is 0 Å². The zero-order valence-electron chi connectivity index (χ0n) is 9.42. The third kappa shape index (κ3) is 3.08. The van der Waals surface area contributed by atoms with E-state index in [0.717, 1.165) is 5.56 Å². The Morgan fingerprint density at radius 1 is 1.12 bits per heavy atom. The third-order valence-electron chi connectivity index (χ3n) is 2.20. The summed E-state index contributed by atoms with van der Waals surface area (Å²) in [6.07, 6.45) is 3.61. The number of hydrogen-bond acceptors (Lipinski definition) is 3. The second kappa shape index (κ2) is 5.16. The molecule has 0 radical (unpaired) electrons. The van der Waals surface area contributed by atoms with Crippen LogP contribution in [0.3, 0.4) is 0 Å². The molecular weight excluding hydrogens is 216 g/mol. The minimum atomic E-state index is -0.138. The van der Waals surface area contributed by atoms with Crippen LogP contribution in [0.1, 0.15) is 11.3 Å². The first kappa shape index (κ1) is 11.2. The van der Waals surface area contributed by atoms with E-state index in [0.29, 0.717) is 5.76 Å². The van der Waals surface area contributed by atoms with Gasteiger partial charge >= 0.3 is 0 Å². The molecular formula is C14H12O3. The Bertz CT molecular complexity index is 568. The molecule has 1 heterocycles. The zero-order valence-corrected chi connectivity index (χ0v) is 9.42. The molecule has 86 valence electrons. The summed E-state index contributed by atoms with van der Waals surface area (Å²) in [6.45, 7) is 0. The van der Waals surface area contributed by atoms with Crippen LogP contribution in [0.25, 0.3) is 12.2 Å². The van der Waals surface area contributed by atoms with Crippen LogP contribution in [0.2, 0.25) is 0 Å². The molecule has 0 N–H and O–H groups in total. The normalized spacial score (nSPS) is 10.6. The molecule has 17 heavy (non-hydrogen) atoms. The van der Waals surface area contributed by atoms with E-state index in [1.54, 1.807) is 6.08 Å². The maximum atomic E-state index is 11.3. The molecule has 3 heteroatoms. The van der Waals surface area contributed by atoms with E-state index in [4.69, 9.17) is 9.15 Å². The summed E-state index contributed by atoms with van der Waals surface area (Å²) < 4.78 is 10.2. The molecule has 0 aliphatic heterocycles. The van der Waals surface area contributed by atoms with Crippen molar-refractivity contribution in [2.75, 3.05) is 7.11 Å². The molecule has 0 fully saturated rings. The van der Waals surface area contributed by atoms with Gasteiger partial charge in [-0.2, -0.15) is 0 Å². The Labute approximate surface area is 99.0 Å². The van der Waals surface area contributed by atoms with Gasteiger partial charge in [0.25, 0.3) is 5.95 Å². The molecule has 0 aliphatic carbocycles. The molecule has 0 spiro atoms. The maximum Gasteiger partial charge on any atom is 0.288 e. The highest BCUT2D eigenvalue weighted by atomic mass is 16.6. The molecule has 2 rings (SSSR count). The average molecular weight is 228 g/mol. The van der Waals surface area contributed by atoms with E-state index < -0.39 is 0 Å². The summed E-state index contributed by atoms with van der Waals surface area (Å²) in [5, 5.41) is 0. The number of ether oxygens (including phenoxy) is 1. The molecule has 0 amide bonds. The molecule has 3 nitrogen and oxygen atoms in total. The first-order valence-corrected chi connectivity index (χ1v) is 5.20. The number of benzene rings is 1. The molecule has 0 aliphatic rings. The van der Waals surface area contributed by atoms with Crippen molar-refractivity contribution in [3.63, 3.8) is 0 Å². The fourth-order valence-corrected chi connectivity index (χ4v) is 1.40. The van der Waals surface area contributed by atoms with Gasteiger partial charge in [-0.3, -0.25) is 4.79 Å². The molecule has 0 atom stereocenters. The first-order valence-electron chi connectivity index (χ1n) is 5.20. The summed E-state index contributed by atoms with van der Waals surface area (Å²) in [5.74, 6) is 0.684. The molecule has 0 saturated heterocycles. The smallest absolute Gasteiger partial charge is 0.288 e. The van der Waals surface area contributed by atoms with Crippen LogP contribution in [0.15, 0.2) is 51.7 Å². The molecule has 1 aromatic heterocycles. The van der Waals surface area contributed by atoms with Crippen molar-refractivity contribution < 1.29 is 9.15 Å². The lowest BCUT2D eigenvalue weighted by atomic mass is 10.2. The Hall–Kier alpha value is -2.29. The topological polar surface area (TPSA) is 39.4 Å². The Morgan fingerprint density at radius 3 is 2.59 bits per heavy atom. The summed E-state index contributed by atoms with van der Waals surface area (Å²) >= 11 is 0. The Kier molecular flexibility index (Phi) is 3.40. The predicted octanol–water partition coefficient (Wildman–Crippen LogP) is 2.82. The number of methoxy groups -OCH3 is 1. The third-order valence-corrected chi connectivity index (χ3v) is 2.20. The molecule has 0 saturated carbocycles. The summed E-state index contributed by atoms with van der Waals surface area (Å²) in [4.78, 5) is 11.3. The van der Waals surface area contributed by atoms with Crippen molar-refractivity contribution in [1.82, 2.24) is 0 Å². The van der Waals surface area contributed by atoms with Crippen LogP contribution in [-0.4, -0.2) is 7.11 Å². The summed E-state index contributed by atoms with van der Waals surface area (Å²) in [6, 6.07) is 12.5. The first-order chi connectivity index (χ1) is 8.28. The number of hydrogen-bond donors (Lipinski definition) is 0. The highest BCUT2D eigenvalue weighted by molar-refractivity contribution is 5.67. The number of rotatable bonds is 3. The summed E-state index contributed by atoms with van der Waals surface area (Å²) in [5.41, 5.74) is 0.902. The molecule has 2 aromatic rings. The SMILES string of the molecule is COc1cc(=O)cc(C=Cc2ccccc2)o1. The monoisotopic (exact) mass is 228 g/mol. The van der Waals surface area contributed by atoms with Crippen molar-refractivity contribution in [3.05, 3.63) is 64.0 Å². The van der Waals surface area contributed by atoms with Gasteiger partial charge in [0.05, 0.1) is 13.2 Å². The van der Waals surface area contributed by atoms with Crippen LogP contribution in [-0.2, 0) is 0 Å². The lowest BCUT2D eigenvalue weighted by Crippen LogP contribution is -1.98. The van der Waals surface area contributed by atoms with Crippen LogP contribution in [0.5, 0.6) is 5.95 Å². The van der Waals surface area contributed by atoms with Gasteiger partial charge in [0, 0.05) is 6.07 Å². The lowest BCUT2D eigenvalue weighted by molar-refractivity contribution is 0.294. The highest BCUT2D eigenvalue weighted by Gasteiger charge is 1.98. The van der Waals surface area contributed by atoms with E-state index >= 15 is 0 Å². The van der Waals surface area contributed by atoms with E-state index in [-0.39, 0.29) is 11.4 Å². The second-order valence-electron chi connectivity index (χ2n) is 3.46. The van der Waals surface area contributed by atoms with Gasteiger partial charge in [0.1, 0.15) is 5.76 Å². The van der Waals surface area contributed by atoms with E-state index in [1.165, 1.54) is 19.2 Å². The predicted molar refractivity (Wildman–Crippen MR) is 66.9 cm³/mol.